The van der Waals surface area contributed by atoms with Crippen LogP contribution in [0.25, 0.3) is 23.2 Å². The Morgan fingerprint density at radius 3 is 2.76 bits per heavy atom. The van der Waals surface area contributed by atoms with Gasteiger partial charge in [-0.15, -0.1) is 0 Å². The molecule has 2 heterocycles. The lowest BCUT2D eigenvalue weighted by atomic mass is 10.1. The van der Waals surface area contributed by atoms with E-state index in [1.165, 1.54) is 6.20 Å². The molecule has 102 valence electrons. The summed E-state index contributed by atoms with van der Waals surface area (Å²) in [4.78, 5) is 20.3. The highest BCUT2D eigenvalue weighted by Crippen LogP contribution is 2.11. The summed E-state index contributed by atoms with van der Waals surface area (Å²) in [6, 6.07) is 11.0. The molecule has 0 radical (unpaired) electrons. The number of hydrogen-bond acceptors (Lipinski definition) is 4. The van der Waals surface area contributed by atoms with Gasteiger partial charge in [0.15, 0.2) is 5.52 Å². The number of hydrogen-bond donors (Lipinski definition) is 0. The van der Waals surface area contributed by atoms with Gasteiger partial charge < -0.3 is 4.42 Å². The Balaban J connectivity index is 2.42. The summed E-state index contributed by atoms with van der Waals surface area (Å²) in [6.45, 7) is 7.75. The van der Waals surface area contributed by atoms with Crippen molar-refractivity contribution in [2.24, 2.45) is 0 Å². The normalized spacial score (nSPS) is 12.2. The van der Waals surface area contributed by atoms with Crippen LogP contribution in [-0.4, -0.2) is 9.97 Å². The first-order valence-corrected chi connectivity index (χ1v) is 6.37. The van der Waals surface area contributed by atoms with E-state index in [1.54, 1.807) is 18.2 Å². The molecule has 0 aliphatic carbocycles. The molecule has 0 saturated carbocycles. The van der Waals surface area contributed by atoms with E-state index < -0.39 is 5.63 Å². The standard InChI is InChI=1S/C17H12N2O2/c1-3-12(13-8-5-4-7-11(13)2)16-19-14-9-6-10-18-15(14)17(20)21-16/h3-10H,1-2H2/b13-12+. The summed E-state index contributed by atoms with van der Waals surface area (Å²) in [5.74, 6) is 0.214. The summed E-state index contributed by atoms with van der Waals surface area (Å²) in [6.07, 6.45) is 3.14. The minimum Gasteiger partial charge on any atom is -0.402 e. The van der Waals surface area contributed by atoms with E-state index in [-0.39, 0.29) is 11.4 Å². The average molecular weight is 276 g/mol. The molecule has 0 aliphatic heterocycles. The maximum Gasteiger partial charge on any atom is 0.365 e. The third-order valence-corrected chi connectivity index (χ3v) is 3.13. The Kier molecular flexibility index (Phi) is 3.20. The largest absolute Gasteiger partial charge is 0.402 e. The number of pyridine rings is 1. The molecule has 0 aliphatic rings. The molecule has 2 aromatic heterocycles. The second kappa shape index (κ2) is 5.17. The second-order valence-electron chi connectivity index (χ2n) is 4.45. The lowest BCUT2D eigenvalue weighted by Gasteiger charge is -2.02. The highest BCUT2D eigenvalue weighted by atomic mass is 16.4. The molecule has 0 spiro atoms. The van der Waals surface area contributed by atoms with Gasteiger partial charge in [0.2, 0.25) is 5.89 Å². The van der Waals surface area contributed by atoms with E-state index in [4.69, 9.17) is 4.42 Å². The molecule has 0 N–H and O–H groups in total. The molecule has 0 atom stereocenters. The Bertz CT molecular complexity index is 1000. The quantitative estimate of drug-likeness (QED) is 0.709. The summed E-state index contributed by atoms with van der Waals surface area (Å²) < 4.78 is 5.29. The molecule has 4 nitrogen and oxygen atoms in total. The minimum atomic E-state index is -0.517. The van der Waals surface area contributed by atoms with Gasteiger partial charge >= 0.3 is 5.63 Å². The lowest BCUT2D eigenvalue weighted by molar-refractivity contribution is 0.485. The minimum absolute atomic E-state index is 0.214. The van der Waals surface area contributed by atoms with Gasteiger partial charge in [-0.25, -0.2) is 14.8 Å². The monoisotopic (exact) mass is 276 g/mol. The second-order valence-corrected chi connectivity index (χ2v) is 4.45. The zero-order valence-corrected chi connectivity index (χ0v) is 11.2. The molecule has 3 aromatic rings. The fourth-order valence-corrected chi connectivity index (χ4v) is 2.12. The molecule has 21 heavy (non-hydrogen) atoms. The Morgan fingerprint density at radius 1 is 1.19 bits per heavy atom. The number of fused-ring (bicyclic) bond motifs is 1. The molecule has 0 fully saturated rings. The van der Waals surface area contributed by atoms with Crippen LogP contribution in [0.1, 0.15) is 5.89 Å². The van der Waals surface area contributed by atoms with Gasteiger partial charge in [-0.2, -0.15) is 0 Å². The van der Waals surface area contributed by atoms with E-state index in [2.05, 4.69) is 23.1 Å². The summed E-state index contributed by atoms with van der Waals surface area (Å²) in [5.41, 5.74) is 0.817. The number of rotatable bonds is 2. The average Bonchev–Trinajstić information content (AvgIpc) is 2.50. The van der Waals surface area contributed by atoms with Crippen LogP contribution >= 0.6 is 0 Å². The van der Waals surface area contributed by atoms with Crippen molar-refractivity contribution >= 4 is 23.2 Å². The molecular formula is C17H12N2O2. The van der Waals surface area contributed by atoms with Crippen molar-refractivity contribution in [3.8, 4) is 0 Å². The Morgan fingerprint density at radius 2 is 2.00 bits per heavy atom. The van der Waals surface area contributed by atoms with Crippen LogP contribution in [0.2, 0.25) is 0 Å². The van der Waals surface area contributed by atoms with Crippen molar-refractivity contribution in [1.29, 1.82) is 0 Å². The van der Waals surface area contributed by atoms with E-state index in [0.29, 0.717) is 11.1 Å². The predicted molar refractivity (Wildman–Crippen MR) is 82.0 cm³/mol. The van der Waals surface area contributed by atoms with Crippen molar-refractivity contribution < 1.29 is 4.42 Å². The number of benzene rings is 1. The highest BCUT2D eigenvalue weighted by molar-refractivity contribution is 5.75. The number of aromatic nitrogens is 2. The van der Waals surface area contributed by atoms with Crippen molar-refractivity contribution in [2.45, 2.75) is 0 Å². The zero-order valence-electron chi connectivity index (χ0n) is 11.2. The summed E-state index contributed by atoms with van der Waals surface area (Å²) in [7, 11) is 0. The molecule has 0 amide bonds. The van der Waals surface area contributed by atoms with E-state index in [9.17, 15) is 4.79 Å². The van der Waals surface area contributed by atoms with Crippen molar-refractivity contribution in [3.05, 3.63) is 82.0 Å². The van der Waals surface area contributed by atoms with E-state index in [0.717, 1.165) is 10.4 Å². The Hall–Kier alpha value is -3.01. The Labute approximate surface area is 120 Å². The van der Waals surface area contributed by atoms with Gasteiger partial charge in [0.05, 0.1) is 0 Å². The highest BCUT2D eigenvalue weighted by Gasteiger charge is 2.10. The lowest BCUT2D eigenvalue weighted by Crippen LogP contribution is -2.25. The third kappa shape index (κ3) is 2.27. The van der Waals surface area contributed by atoms with Gasteiger partial charge in [-0.05, 0) is 22.6 Å². The molecule has 1 aromatic carbocycles. The van der Waals surface area contributed by atoms with E-state index in [1.807, 2.05) is 24.3 Å². The molecule has 0 unspecified atom stereocenters. The number of allylic oxidation sites excluding steroid dienone is 1. The topological polar surface area (TPSA) is 56.0 Å². The van der Waals surface area contributed by atoms with Crippen LogP contribution < -0.4 is 16.1 Å². The van der Waals surface area contributed by atoms with Crippen LogP contribution in [0.3, 0.4) is 0 Å². The van der Waals surface area contributed by atoms with Crippen LogP contribution in [0.15, 0.2) is 64.5 Å². The number of nitrogens with zero attached hydrogens (tertiary/aromatic N) is 2. The first-order chi connectivity index (χ1) is 10.2. The van der Waals surface area contributed by atoms with Gasteiger partial charge in [-0.1, -0.05) is 43.5 Å². The van der Waals surface area contributed by atoms with Gasteiger partial charge in [0, 0.05) is 11.8 Å². The smallest absolute Gasteiger partial charge is 0.365 e. The molecule has 3 rings (SSSR count). The van der Waals surface area contributed by atoms with Gasteiger partial charge in [0.25, 0.3) is 0 Å². The zero-order chi connectivity index (χ0) is 14.8. The molecule has 0 bridgehead atoms. The third-order valence-electron chi connectivity index (χ3n) is 3.13. The SMILES string of the molecule is C=C/C(c1nc2cccnc2c(=O)o1)=c1/ccccc1=C. The molecule has 0 saturated heterocycles. The molecule has 4 heteroatoms. The molecular weight excluding hydrogens is 264 g/mol. The van der Waals surface area contributed by atoms with E-state index >= 15 is 0 Å². The first kappa shape index (κ1) is 13.0. The van der Waals surface area contributed by atoms with Crippen LogP contribution in [0.5, 0.6) is 0 Å². The fourth-order valence-electron chi connectivity index (χ4n) is 2.12. The van der Waals surface area contributed by atoms with Gasteiger partial charge in [-0.3, -0.25) is 0 Å². The fraction of sp³-hybridized carbons (Fsp3) is 0. The van der Waals surface area contributed by atoms with Crippen molar-refractivity contribution in [1.82, 2.24) is 9.97 Å². The predicted octanol–water partition coefficient (Wildman–Crippen LogP) is 1.38. The summed E-state index contributed by atoms with van der Waals surface area (Å²) in [5, 5.41) is 1.63. The maximum atomic E-state index is 12.0. The van der Waals surface area contributed by atoms with Crippen LogP contribution in [0.4, 0.5) is 0 Å². The van der Waals surface area contributed by atoms with Crippen LogP contribution in [-0.2, 0) is 0 Å². The van der Waals surface area contributed by atoms with Gasteiger partial charge in [0.1, 0.15) is 5.52 Å². The van der Waals surface area contributed by atoms with Crippen molar-refractivity contribution in [3.63, 3.8) is 0 Å². The van der Waals surface area contributed by atoms with Crippen LogP contribution in [0, 0.1) is 0 Å². The summed E-state index contributed by atoms with van der Waals surface area (Å²) >= 11 is 0. The van der Waals surface area contributed by atoms with Crippen molar-refractivity contribution in [2.75, 3.05) is 0 Å². The first-order valence-electron chi connectivity index (χ1n) is 6.37. The maximum absolute atomic E-state index is 12.0.